The van der Waals surface area contributed by atoms with Crippen molar-refractivity contribution in [2.24, 2.45) is 0 Å². The Morgan fingerprint density at radius 2 is 1.53 bits per heavy atom. The van der Waals surface area contributed by atoms with Gasteiger partial charge in [-0.25, -0.2) is 9.97 Å². The number of halogens is 2. The third kappa shape index (κ3) is 3.46. The van der Waals surface area contributed by atoms with Crippen molar-refractivity contribution in [3.8, 4) is 0 Å². The van der Waals surface area contributed by atoms with Crippen molar-refractivity contribution in [3.63, 3.8) is 0 Å². The molecule has 19 heavy (non-hydrogen) atoms. The lowest BCUT2D eigenvalue weighted by molar-refractivity contribution is 0.830. The van der Waals surface area contributed by atoms with Gasteiger partial charge in [-0.1, -0.05) is 66.9 Å². The minimum absolute atomic E-state index is 0.216. The van der Waals surface area contributed by atoms with Gasteiger partial charge in [0, 0.05) is 12.0 Å². The number of benzene rings is 1. The Balaban J connectivity index is 2.29. The molecule has 0 N–H and O–H groups in total. The van der Waals surface area contributed by atoms with E-state index in [0.29, 0.717) is 22.6 Å². The lowest BCUT2D eigenvalue weighted by atomic mass is 10.1. The highest BCUT2D eigenvalue weighted by Crippen LogP contribution is 2.28. The number of hydrogen-bond donors (Lipinski definition) is 0. The molecule has 1 aromatic carbocycles. The third-order valence-electron chi connectivity index (χ3n) is 2.96. The van der Waals surface area contributed by atoms with Crippen LogP contribution in [0.25, 0.3) is 0 Å². The van der Waals surface area contributed by atoms with E-state index in [1.807, 2.05) is 13.8 Å². The Morgan fingerprint density at radius 3 is 2.00 bits per heavy atom. The Hall–Kier alpha value is -1.12. The van der Waals surface area contributed by atoms with E-state index in [0.717, 1.165) is 11.1 Å². The standard InChI is InChI=1S/C15H16Cl2N2/c1-9(2)13-14(16)18-12(19-15(13)17)8-11-6-4-10(3)5-7-11/h4-7,9H,8H2,1-3H3. The molecular weight excluding hydrogens is 279 g/mol. The van der Waals surface area contributed by atoms with Crippen molar-refractivity contribution in [1.82, 2.24) is 9.97 Å². The minimum Gasteiger partial charge on any atom is -0.220 e. The summed E-state index contributed by atoms with van der Waals surface area (Å²) in [5.74, 6) is 0.872. The molecule has 0 saturated carbocycles. The molecule has 0 bridgehead atoms. The summed E-state index contributed by atoms with van der Waals surface area (Å²) < 4.78 is 0. The quantitative estimate of drug-likeness (QED) is 0.760. The smallest absolute Gasteiger partial charge is 0.137 e. The summed E-state index contributed by atoms with van der Waals surface area (Å²) in [6.07, 6.45) is 0.637. The van der Waals surface area contributed by atoms with E-state index in [4.69, 9.17) is 23.2 Å². The maximum atomic E-state index is 6.19. The molecule has 1 aromatic heterocycles. The van der Waals surface area contributed by atoms with Crippen LogP contribution in [-0.2, 0) is 6.42 Å². The summed E-state index contributed by atoms with van der Waals surface area (Å²) in [6, 6.07) is 8.27. The fourth-order valence-electron chi connectivity index (χ4n) is 1.90. The number of hydrogen-bond acceptors (Lipinski definition) is 2. The van der Waals surface area contributed by atoms with Crippen LogP contribution in [0.4, 0.5) is 0 Å². The Kier molecular flexibility index (Phi) is 4.43. The molecule has 0 saturated heterocycles. The molecule has 0 aliphatic rings. The third-order valence-corrected chi connectivity index (χ3v) is 3.54. The van der Waals surface area contributed by atoms with Crippen LogP contribution in [0.3, 0.4) is 0 Å². The first kappa shape index (κ1) is 14.3. The highest BCUT2D eigenvalue weighted by Gasteiger charge is 2.14. The molecule has 0 atom stereocenters. The largest absolute Gasteiger partial charge is 0.220 e. The van der Waals surface area contributed by atoms with Crippen LogP contribution in [-0.4, -0.2) is 9.97 Å². The Labute approximate surface area is 123 Å². The molecule has 4 heteroatoms. The van der Waals surface area contributed by atoms with Gasteiger partial charge in [0.05, 0.1) is 0 Å². The van der Waals surface area contributed by atoms with Gasteiger partial charge < -0.3 is 0 Å². The average molecular weight is 295 g/mol. The molecule has 0 unspecified atom stereocenters. The maximum absolute atomic E-state index is 6.19. The van der Waals surface area contributed by atoms with E-state index in [2.05, 4.69) is 41.2 Å². The molecule has 2 aromatic rings. The van der Waals surface area contributed by atoms with E-state index in [-0.39, 0.29) is 5.92 Å². The molecule has 0 radical (unpaired) electrons. The van der Waals surface area contributed by atoms with Gasteiger partial charge in [-0.3, -0.25) is 0 Å². The monoisotopic (exact) mass is 294 g/mol. The lowest BCUT2D eigenvalue weighted by Crippen LogP contribution is -2.03. The molecule has 0 spiro atoms. The van der Waals surface area contributed by atoms with Gasteiger partial charge in [-0.2, -0.15) is 0 Å². The van der Waals surface area contributed by atoms with Gasteiger partial charge in [-0.15, -0.1) is 0 Å². The topological polar surface area (TPSA) is 25.8 Å². The maximum Gasteiger partial charge on any atom is 0.137 e. The molecule has 0 aliphatic heterocycles. The van der Waals surface area contributed by atoms with Gasteiger partial charge in [-0.05, 0) is 18.4 Å². The van der Waals surface area contributed by atoms with E-state index in [1.54, 1.807) is 0 Å². The van der Waals surface area contributed by atoms with E-state index in [1.165, 1.54) is 5.56 Å². The average Bonchev–Trinajstić information content (AvgIpc) is 2.30. The van der Waals surface area contributed by atoms with Crippen molar-refractivity contribution in [1.29, 1.82) is 0 Å². The summed E-state index contributed by atoms with van der Waals surface area (Å²) in [5.41, 5.74) is 3.20. The van der Waals surface area contributed by atoms with Crippen LogP contribution < -0.4 is 0 Å². The second-order valence-electron chi connectivity index (χ2n) is 4.95. The van der Waals surface area contributed by atoms with Gasteiger partial charge >= 0.3 is 0 Å². The zero-order chi connectivity index (χ0) is 14.0. The van der Waals surface area contributed by atoms with Crippen molar-refractivity contribution < 1.29 is 0 Å². The Bertz CT molecular complexity index is 554. The second kappa shape index (κ2) is 5.89. The first-order chi connectivity index (χ1) is 8.97. The number of rotatable bonds is 3. The molecular formula is C15H16Cl2N2. The van der Waals surface area contributed by atoms with Crippen LogP contribution in [0.1, 0.15) is 42.3 Å². The van der Waals surface area contributed by atoms with Gasteiger partial charge in [0.2, 0.25) is 0 Å². The molecule has 0 fully saturated rings. The van der Waals surface area contributed by atoms with E-state index >= 15 is 0 Å². The van der Waals surface area contributed by atoms with Crippen molar-refractivity contribution in [3.05, 3.63) is 57.1 Å². The summed E-state index contributed by atoms with van der Waals surface area (Å²) >= 11 is 12.4. The highest BCUT2D eigenvalue weighted by atomic mass is 35.5. The van der Waals surface area contributed by atoms with Crippen LogP contribution in [0.5, 0.6) is 0 Å². The SMILES string of the molecule is Cc1ccc(Cc2nc(Cl)c(C(C)C)c(Cl)n2)cc1. The Morgan fingerprint density at radius 1 is 1.00 bits per heavy atom. The second-order valence-corrected chi connectivity index (χ2v) is 5.67. The van der Waals surface area contributed by atoms with Crippen LogP contribution in [0, 0.1) is 6.92 Å². The summed E-state index contributed by atoms with van der Waals surface area (Å²) in [7, 11) is 0. The van der Waals surface area contributed by atoms with Crippen LogP contribution in [0.15, 0.2) is 24.3 Å². The lowest BCUT2D eigenvalue weighted by Gasteiger charge is -2.11. The molecule has 0 aliphatic carbocycles. The predicted molar refractivity (Wildman–Crippen MR) is 80.1 cm³/mol. The van der Waals surface area contributed by atoms with E-state index < -0.39 is 0 Å². The predicted octanol–water partition coefficient (Wildman–Crippen LogP) is 4.81. The first-order valence-corrected chi connectivity index (χ1v) is 7.00. The summed E-state index contributed by atoms with van der Waals surface area (Å²) in [5, 5.41) is 0.911. The first-order valence-electron chi connectivity index (χ1n) is 6.24. The zero-order valence-electron chi connectivity index (χ0n) is 11.2. The molecule has 2 nitrogen and oxygen atoms in total. The van der Waals surface area contributed by atoms with Gasteiger partial charge in [0.15, 0.2) is 0 Å². The molecule has 1 heterocycles. The zero-order valence-corrected chi connectivity index (χ0v) is 12.8. The van der Waals surface area contributed by atoms with Gasteiger partial charge in [0.25, 0.3) is 0 Å². The molecule has 100 valence electrons. The molecule has 2 rings (SSSR count). The number of nitrogens with zero attached hydrogens (tertiary/aromatic N) is 2. The molecule has 0 amide bonds. The van der Waals surface area contributed by atoms with Crippen molar-refractivity contribution in [2.45, 2.75) is 33.1 Å². The van der Waals surface area contributed by atoms with Crippen LogP contribution >= 0.6 is 23.2 Å². The minimum atomic E-state index is 0.216. The fraction of sp³-hybridized carbons (Fsp3) is 0.333. The summed E-state index contributed by atoms with van der Waals surface area (Å²) in [4.78, 5) is 8.69. The normalized spacial score (nSPS) is 11.1. The van der Waals surface area contributed by atoms with Gasteiger partial charge in [0.1, 0.15) is 16.1 Å². The van der Waals surface area contributed by atoms with Crippen molar-refractivity contribution in [2.75, 3.05) is 0 Å². The van der Waals surface area contributed by atoms with Crippen LogP contribution in [0.2, 0.25) is 10.3 Å². The fourth-order valence-corrected chi connectivity index (χ4v) is 2.76. The number of aromatic nitrogens is 2. The highest BCUT2D eigenvalue weighted by molar-refractivity contribution is 6.34. The summed E-state index contributed by atoms with van der Waals surface area (Å²) in [6.45, 7) is 6.11. The van der Waals surface area contributed by atoms with E-state index in [9.17, 15) is 0 Å². The number of aryl methyl sites for hydroxylation is 1. The van der Waals surface area contributed by atoms with Crippen molar-refractivity contribution >= 4 is 23.2 Å².